The molecule has 2 aliphatic rings. The Balaban J connectivity index is 1.85. The summed E-state index contributed by atoms with van der Waals surface area (Å²) in [5.41, 5.74) is 6.01. The highest BCUT2D eigenvalue weighted by Crippen LogP contribution is 2.23. The minimum atomic E-state index is 0.338. The van der Waals surface area contributed by atoms with Gasteiger partial charge in [-0.25, -0.2) is 0 Å². The molecule has 4 heteroatoms. The summed E-state index contributed by atoms with van der Waals surface area (Å²) < 4.78 is 0. The maximum absolute atomic E-state index is 12.6. The van der Waals surface area contributed by atoms with Gasteiger partial charge in [0.05, 0.1) is 6.54 Å². The molecule has 0 bridgehead atoms. The average molecular weight is 295 g/mol. The van der Waals surface area contributed by atoms with Gasteiger partial charge in [0, 0.05) is 25.2 Å². The Morgan fingerprint density at radius 1 is 1.14 bits per heavy atom. The first-order valence-corrected chi connectivity index (χ1v) is 8.87. The van der Waals surface area contributed by atoms with Crippen molar-refractivity contribution in [1.82, 2.24) is 9.80 Å². The van der Waals surface area contributed by atoms with E-state index in [2.05, 4.69) is 23.6 Å². The molecule has 0 radical (unpaired) electrons. The molecule has 0 aromatic carbocycles. The molecule has 1 amide bonds. The molecule has 1 saturated heterocycles. The Labute approximate surface area is 130 Å². The molecule has 0 atom stereocenters. The van der Waals surface area contributed by atoms with Crippen molar-refractivity contribution in [2.24, 2.45) is 11.7 Å². The molecule has 1 aliphatic heterocycles. The molecule has 0 spiro atoms. The first kappa shape index (κ1) is 16.8. The van der Waals surface area contributed by atoms with E-state index in [1.54, 1.807) is 0 Å². The zero-order valence-corrected chi connectivity index (χ0v) is 13.9. The minimum absolute atomic E-state index is 0.338. The van der Waals surface area contributed by atoms with Gasteiger partial charge in [0.2, 0.25) is 5.91 Å². The van der Waals surface area contributed by atoms with Crippen molar-refractivity contribution in [3.63, 3.8) is 0 Å². The number of amides is 1. The standard InChI is InChI=1S/C17H33N3O/c1-3-10-20(16-6-4-15(18)5-7-16)13-17(21)19-11-8-14(2)9-12-19/h14-16H,3-13,18H2,1-2H3. The second-order valence-corrected chi connectivity index (χ2v) is 7.10. The molecule has 122 valence electrons. The maximum Gasteiger partial charge on any atom is 0.236 e. The quantitative estimate of drug-likeness (QED) is 0.846. The molecule has 21 heavy (non-hydrogen) atoms. The second kappa shape index (κ2) is 8.14. The van der Waals surface area contributed by atoms with Crippen LogP contribution < -0.4 is 5.73 Å². The number of likely N-dealkylation sites (tertiary alicyclic amines) is 1. The van der Waals surface area contributed by atoms with Crippen molar-refractivity contribution in [1.29, 1.82) is 0 Å². The van der Waals surface area contributed by atoms with Gasteiger partial charge in [0.1, 0.15) is 0 Å². The zero-order chi connectivity index (χ0) is 15.2. The summed E-state index contributed by atoms with van der Waals surface area (Å²) in [5, 5.41) is 0. The van der Waals surface area contributed by atoms with Crippen LogP contribution in [0, 0.1) is 5.92 Å². The van der Waals surface area contributed by atoms with Gasteiger partial charge in [0.15, 0.2) is 0 Å². The van der Waals surface area contributed by atoms with E-state index < -0.39 is 0 Å². The van der Waals surface area contributed by atoms with Gasteiger partial charge in [-0.2, -0.15) is 0 Å². The van der Waals surface area contributed by atoms with E-state index in [1.807, 2.05) is 0 Å². The van der Waals surface area contributed by atoms with Crippen molar-refractivity contribution in [2.45, 2.75) is 70.9 Å². The number of hydrogen-bond donors (Lipinski definition) is 1. The third kappa shape index (κ3) is 4.96. The van der Waals surface area contributed by atoms with Crippen LogP contribution in [0.2, 0.25) is 0 Å². The van der Waals surface area contributed by atoms with Crippen LogP contribution in [0.15, 0.2) is 0 Å². The van der Waals surface area contributed by atoms with Gasteiger partial charge in [-0.3, -0.25) is 9.69 Å². The van der Waals surface area contributed by atoms with Gasteiger partial charge in [0.25, 0.3) is 0 Å². The lowest BCUT2D eigenvalue weighted by Crippen LogP contribution is -2.48. The van der Waals surface area contributed by atoms with Crippen molar-refractivity contribution in [2.75, 3.05) is 26.2 Å². The summed E-state index contributed by atoms with van der Waals surface area (Å²) in [5.74, 6) is 1.12. The van der Waals surface area contributed by atoms with Gasteiger partial charge in [-0.05, 0) is 57.4 Å². The largest absolute Gasteiger partial charge is 0.342 e. The molecule has 0 aromatic rings. The predicted octanol–water partition coefficient (Wildman–Crippen LogP) is 2.23. The molecule has 0 unspecified atom stereocenters. The predicted molar refractivity (Wildman–Crippen MR) is 87.1 cm³/mol. The van der Waals surface area contributed by atoms with Crippen LogP contribution in [-0.4, -0.2) is 54.0 Å². The fraction of sp³-hybridized carbons (Fsp3) is 0.941. The maximum atomic E-state index is 12.6. The van der Waals surface area contributed by atoms with Crippen LogP contribution in [0.1, 0.15) is 58.8 Å². The fourth-order valence-corrected chi connectivity index (χ4v) is 3.68. The summed E-state index contributed by atoms with van der Waals surface area (Å²) in [6, 6.07) is 0.946. The molecule has 0 aromatic heterocycles. The SMILES string of the molecule is CCCN(CC(=O)N1CCC(C)CC1)C1CCC(N)CC1. The first-order chi connectivity index (χ1) is 10.1. The van der Waals surface area contributed by atoms with E-state index in [0.29, 0.717) is 24.5 Å². The smallest absolute Gasteiger partial charge is 0.236 e. The van der Waals surface area contributed by atoms with Crippen molar-refractivity contribution < 1.29 is 4.79 Å². The molecule has 2 fully saturated rings. The monoisotopic (exact) mass is 295 g/mol. The highest BCUT2D eigenvalue weighted by molar-refractivity contribution is 5.78. The summed E-state index contributed by atoms with van der Waals surface area (Å²) in [4.78, 5) is 17.1. The number of nitrogens with two attached hydrogens (primary N) is 1. The van der Waals surface area contributed by atoms with Crippen LogP contribution in [0.4, 0.5) is 0 Å². The molecular formula is C17H33N3O. The number of carbonyl (C=O) groups is 1. The number of rotatable bonds is 5. The van der Waals surface area contributed by atoms with Crippen LogP contribution in [0.3, 0.4) is 0 Å². The Hall–Kier alpha value is -0.610. The molecule has 1 saturated carbocycles. The van der Waals surface area contributed by atoms with E-state index >= 15 is 0 Å². The van der Waals surface area contributed by atoms with Gasteiger partial charge < -0.3 is 10.6 Å². The Bertz CT molecular complexity index is 318. The molecule has 4 nitrogen and oxygen atoms in total. The summed E-state index contributed by atoms with van der Waals surface area (Å²) >= 11 is 0. The molecule has 1 heterocycles. The zero-order valence-electron chi connectivity index (χ0n) is 13.9. The Morgan fingerprint density at radius 3 is 2.33 bits per heavy atom. The molecular weight excluding hydrogens is 262 g/mol. The lowest BCUT2D eigenvalue weighted by atomic mass is 9.90. The molecule has 1 aliphatic carbocycles. The summed E-state index contributed by atoms with van der Waals surface area (Å²) in [6.07, 6.45) is 7.99. The van der Waals surface area contributed by atoms with Crippen LogP contribution >= 0.6 is 0 Å². The van der Waals surface area contributed by atoms with Crippen LogP contribution in [-0.2, 0) is 4.79 Å². The van der Waals surface area contributed by atoms with Gasteiger partial charge >= 0.3 is 0 Å². The summed E-state index contributed by atoms with van der Waals surface area (Å²) in [7, 11) is 0. The van der Waals surface area contributed by atoms with Gasteiger partial charge in [-0.1, -0.05) is 13.8 Å². The van der Waals surface area contributed by atoms with E-state index in [-0.39, 0.29) is 0 Å². The third-order valence-electron chi connectivity index (χ3n) is 5.24. The molecule has 2 rings (SSSR count). The lowest BCUT2D eigenvalue weighted by Gasteiger charge is -2.37. The number of hydrogen-bond acceptors (Lipinski definition) is 3. The van der Waals surface area contributed by atoms with Crippen LogP contribution in [0.5, 0.6) is 0 Å². The Morgan fingerprint density at radius 2 is 1.76 bits per heavy atom. The first-order valence-electron chi connectivity index (χ1n) is 8.87. The summed E-state index contributed by atoms with van der Waals surface area (Å²) in [6.45, 7) is 8.05. The fourth-order valence-electron chi connectivity index (χ4n) is 3.68. The van der Waals surface area contributed by atoms with Crippen molar-refractivity contribution >= 4 is 5.91 Å². The third-order valence-corrected chi connectivity index (χ3v) is 5.24. The van der Waals surface area contributed by atoms with E-state index in [0.717, 1.165) is 70.5 Å². The van der Waals surface area contributed by atoms with E-state index in [4.69, 9.17) is 5.73 Å². The van der Waals surface area contributed by atoms with E-state index in [1.165, 1.54) is 0 Å². The van der Waals surface area contributed by atoms with Crippen molar-refractivity contribution in [3.8, 4) is 0 Å². The number of nitrogens with zero attached hydrogens (tertiary/aromatic N) is 2. The minimum Gasteiger partial charge on any atom is -0.342 e. The van der Waals surface area contributed by atoms with Crippen molar-refractivity contribution in [3.05, 3.63) is 0 Å². The normalized spacial score (nSPS) is 28.1. The van der Waals surface area contributed by atoms with Gasteiger partial charge in [-0.15, -0.1) is 0 Å². The highest BCUT2D eigenvalue weighted by Gasteiger charge is 2.27. The van der Waals surface area contributed by atoms with E-state index in [9.17, 15) is 4.79 Å². The number of piperidine rings is 1. The second-order valence-electron chi connectivity index (χ2n) is 7.10. The highest BCUT2D eigenvalue weighted by atomic mass is 16.2. The van der Waals surface area contributed by atoms with Crippen LogP contribution in [0.25, 0.3) is 0 Å². The topological polar surface area (TPSA) is 49.6 Å². The molecule has 2 N–H and O–H groups in total. The number of carbonyl (C=O) groups excluding carboxylic acids is 1. The average Bonchev–Trinajstić information content (AvgIpc) is 2.48. The lowest BCUT2D eigenvalue weighted by molar-refractivity contribution is -0.134. The Kier molecular flexibility index (Phi) is 6.49.